The second kappa shape index (κ2) is 3.99. The summed E-state index contributed by atoms with van der Waals surface area (Å²) in [6.07, 6.45) is -1.02. The third-order valence-electron chi connectivity index (χ3n) is 1.36. The maximum absolute atomic E-state index is 10.9. The predicted octanol–water partition coefficient (Wildman–Crippen LogP) is -0.625. The zero-order chi connectivity index (χ0) is 9.84. The van der Waals surface area contributed by atoms with Gasteiger partial charge in [0.1, 0.15) is 6.10 Å². The zero-order valence-electron chi connectivity index (χ0n) is 7.44. The highest BCUT2D eigenvalue weighted by Gasteiger charge is 2.09. The predicted molar refractivity (Wildman–Crippen MR) is 42.6 cm³/mol. The summed E-state index contributed by atoms with van der Waals surface area (Å²) < 4.78 is 4.74. The maximum atomic E-state index is 10.9. The van der Waals surface area contributed by atoms with Crippen molar-refractivity contribution in [3.05, 3.63) is 11.7 Å². The summed E-state index contributed by atoms with van der Waals surface area (Å²) in [4.78, 5) is 14.7. The summed E-state index contributed by atoms with van der Waals surface area (Å²) in [6, 6.07) is 0. The molecule has 0 saturated heterocycles. The van der Waals surface area contributed by atoms with Crippen molar-refractivity contribution in [3.63, 3.8) is 0 Å². The highest BCUT2D eigenvalue weighted by molar-refractivity contribution is 5.79. The van der Waals surface area contributed by atoms with E-state index in [0.29, 0.717) is 11.7 Å². The molecule has 0 radical (unpaired) electrons. The number of aromatic nitrogens is 2. The molecule has 0 aliphatic heterocycles. The molecule has 0 unspecified atom stereocenters. The molecule has 6 heteroatoms. The zero-order valence-corrected chi connectivity index (χ0v) is 7.44. The molecule has 0 bridgehead atoms. The fourth-order valence-corrected chi connectivity index (χ4v) is 0.722. The number of carbonyl (C=O) groups excluding carboxylic acids is 1. The van der Waals surface area contributed by atoms with Crippen LogP contribution < -0.4 is 5.32 Å². The van der Waals surface area contributed by atoms with Gasteiger partial charge in [0.2, 0.25) is 11.8 Å². The smallest absolute Gasteiger partial charge is 0.248 e. The second-order valence-electron chi connectivity index (χ2n) is 2.63. The van der Waals surface area contributed by atoms with Gasteiger partial charge < -0.3 is 14.9 Å². The molecule has 0 saturated carbocycles. The summed E-state index contributed by atoms with van der Waals surface area (Å²) in [6.45, 7) is 3.21. The van der Waals surface area contributed by atoms with E-state index in [1.54, 1.807) is 6.92 Å². The summed E-state index contributed by atoms with van der Waals surface area (Å²) in [5.41, 5.74) is 0. The molecule has 0 fully saturated rings. The van der Waals surface area contributed by atoms with Crippen molar-refractivity contribution in [3.8, 4) is 0 Å². The molecule has 0 aromatic carbocycles. The Bertz CT molecular complexity index is 295. The summed E-state index contributed by atoms with van der Waals surface area (Å²) in [5, 5.41) is 14.8. The number of aliphatic hydroxyl groups excluding tert-OH is 1. The lowest BCUT2D eigenvalue weighted by molar-refractivity contribution is -0.128. The van der Waals surface area contributed by atoms with Gasteiger partial charge in [0, 0.05) is 0 Å². The Hall–Kier alpha value is -1.43. The Kier molecular flexibility index (Phi) is 2.97. The molecule has 1 atom stereocenters. The summed E-state index contributed by atoms with van der Waals surface area (Å²) >= 11 is 0. The van der Waals surface area contributed by atoms with Crippen LogP contribution in [0.2, 0.25) is 0 Å². The standard InChI is InChI=1S/C7H11N3O3/c1-4(11)7(12)8-3-6-9-5(2)10-13-6/h4,11H,3H2,1-2H3,(H,8,12)/t4-/m1/s1. The summed E-state index contributed by atoms with van der Waals surface area (Å²) in [7, 11) is 0. The summed E-state index contributed by atoms with van der Waals surface area (Å²) in [5.74, 6) is 0.378. The van der Waals surface area contributed by atoms with E-state index < -0.39 is 12.0 Å². The van der Waals surface area contributed by atoms with Crippen LogP contribution in [0.15, 0.2) is 4.52 Å². The fraction of sp³-hybridized carbons (Fsp3) is 0.571. The number of carbonyl (C=O) groups is 1. The Labute approximate surface area is 74.9 Å². The first-order valence-corrected chi connectivity index (χ1v) is 3.84. The number of amides is 1. The first-order valence-electron chi connectivity index (χ1n) is 3.84. The molecule has 1 heterocycles. The van der Waals surface area contributed by atoms with Crippen LogP contribution in [0.5, 0.6) is 0 Å². The van der Waals surface area contributed by atoms with Crippen molar-refractivity contribution in [2.75, 3.05) is 0 Å². The minimum Gasteiger partial charge on any atom is -0.384 e. The van der Waals surface area contributed by atoms with Gasteiger partial charge in [0.15, 0.2) is 5.82 Å². The van der Waals surface area contributed by atoms with Crippen LogP contribution in [0.4, 0.5) is 0 Å². The highest BCUT2D eigenvalue weighted by atomic mass is 16.5. The molecule has 1 aromatic rings. The van der Waals surface area contributed by atoms with Crippen molar-refractivity contribution in [2.45, 2.75) is 26.5 Å². The van der Waals surface area contributed by atoms with E-state index >= 15 is 0 Å². The molecule has 2 N–H and O–H groups in total. The lowest BCUT2D eigenvalue weighted by Gasteiger charge is -2.02. The van der Waals surface area contributed by atoms with Crippen molar-refractivity contribution < 1.29 is 14.4 Å². The Morgan fingerprint density at radius 3 is 2.92 bits per heavy atom. The molecular weight excluding hydrogens is 174 g/mol. The lowest BCUT2D eigenvalue weighted by atomic mass is 10.4. The molecule has 0 spiro atoms. The number of rotatable bonds is 3. The first kappa shape index (κ1) is 9.66. The molecular formula is C7H11N3O3. The molecule has 1 amide bonds. The van der Waals surface area contributed by atoms with Gasteiger partial charge in [-0.25, -0.2) is 0 Å². The average molecular weight is 185 g/mol. The maximum Gasteiger partial charge on any atom is 0.248 e. The first-order chi connectivity index (χ1) is 6.09. The largest absolute Gasteiger partial charge is 0.384 e. The quantitative estimate of drug-likeness (QED) is 0.654. The van der Waals surface area contributed by atoms with Crippen LogP contribution in [-0.2, 0) is 11.3 Å². The van der Waals surface area contributed by atoms with E-state index in [9.17, 15) is 4.79 Å². The van der Waals surface area contributed by atoms with Crippen LogP contribution in [0, 0.1) is 6.92 Å². The van der Waals surface area contributed by atoms with Gasteiger partial charge >= 0.3 is 0 Å². The third kappa shape index (κ3) is 2.83. The van der Waals surface area contributed by atoms with Gasteiger partial charge in [-0.1, -0.05) is 5.16 Å². The monoisotopic (exact) mass is 185 g/mol. The number of aryl methyl sites for hydroxylation is 1. The molecule has 0 aliphatic carbocycles. The number of nitrogens with zero attached hydrogens (tertiary/aromatic N) is 2. The van der Waals surface area contributed by atoms with E-state index in [2.05, 4.69) is 15.5 Å². The van der Waals surface area contributed by atoms with Crippen LogP contribution in [0.25, 0.3) is 0 Å². The number of aliphatic hydroxyl groups is 1. The Morgan fingerprint density at radius 1 is 1.77 bits per heavy atom. The molecule has 72 valence electrons. The van der Waals surface area contributed by atoms with Crippen molar-refractivity contribution >= 4 is 5.91 Å². The number of nitrogens with one attached hydrogen (secondary N) is 1. The van der Waals surface area contributed by atoms with Crippen molar-refractivity contribution in [2.24, 2.45) is 0 Å². The molecule has 13 heavy (non-hydrogen) atoms. The van der Waals surface area contributed by atoms with Crippen LogP contribution >= 0.6 is 0 Å². The Balaban J connectivity index is 2.39. The van der Waals surface area contributed by atoms with E-state index in [1.807, 2.05) is 0 Å². The second-order valence-corrected chi connectivity index (χ2v) is 2.63. The van der Waals surface area contributed by atoms with Gasteiger partial charge in [0.05, 0.1) is 6.54 Å². The highest BCUT2D eigenvalue weighted by Crippen LogP contribution is 1.94. The van der Waals surface area contributed by atoms with E-state index in [1.165, 1.54) is 6.92 Å². The number of hydrogen-bond acceptors (Lipinski definition) is 5. The van der Waals surface area contributed by atoms with E-state index in [4.69, 9.17) is 9.63 Å². The van der Waals surface area contributed by atoms with Gasteiger partial charge in [-0.2, -0.15) is 4.98 Å². The van der Waals surface area contributed by atoms with Crippen molar-refractivity contribution in [1.29, 1.82) is 0 Å². The lowest BCUT2D eigenvalue weighted by Crippen LogP contribution is -2.32. The molecule has 1 aromatic heterocycles. The minimum absolute atomic E-state index is 0.143. The van der Waals surface area contributed by atoms with E-state index in [-0.39, 0.29) is 6.54 Å². The molecule has 1 rings (SSSR count). The van der Waals surface area contributed by atoms with Gasteiger partial charge in [-0.3, -0.25) is 4.79 Å². The third-order valence-corrected chi connectivity index (χ3v) is 1.36. The van der Waals surface area contributed by atoms with Gasteiger partial charge in [-0.05, 0) is 13.8 Å². The topological polar surface area (TPSA) is 88.2 Å². The molecule has 6 nitrogen and oxygen atoms in total. The normalized spacial score (nSPS) is 12.5. The minimum atomic E-state index is -1.02. The Morgan fingerprint density at radius 2 is 2.46 bits per heavy atom. The average Bonchev–Trinajstić information content (AvgIpc) is 2.47. The van der Waals surface area contributed by atoms with Crippen LogP contribution in [0.3, 0.4) is 0 Å². The van der Waals surface area contributed by atoms with Crippen molar-refractivity contribution in [1.82, 2.24) is 15.5 Å². The number of hydrogen-bond donors (Lipinski definition) is 2. The molecule has 0 aliphatic rings. The SMILES string of the molecule is Cc1noc(CNC(=O)[C@@H](C)O)n1. The van der Waals surface area contributed by atoms with Gasteiger partial charge in [0.25, 0.3) is 0 Å². The van der Waals surface area contributed by atoms with Crippen LogP contribution in [-0.4, -0.2) is 27.3 Å². The van der Waals surface area contributed by atoms with Crippen LogP contribution in [0.1, 0.15) is 18.6 Å². The van der Waals surface area contributed by atoms with Gasteiger partial charge in [-0.15, -0.1) is 0 Å². The van der Waals surface area contributed by atoms with E-state index in [0.717, 1.165) is 0 Å². The fourth-order valence-electron chi connectivity index (χ4n) is 0.722.